The van der Waals surface area contributed by atoms with Crippen molar-refractivity contribution in [3.8, 4) is 0 Å². The summed E-state index contributed by atoms with van der Waals surface area (Å²) >= 11 is 0. The fourth-order valence-electron chi connectivity index (χ4n) is 3.58. The van der Waals surface area contributed by atoms with Gasteiger partial charge in [0.2, 0.25) is 0 Å². The minimum absolute atomic E-state index is 0.102. The van der Waals surface area contributed by atoms with Crippen molar-refractivity contribution in [2.45, 2.75) is 50.2 Å². The average Bonchev–Trinajstić information content (AvgIpc) is 3.16. The maximum absolute atomic E-state index is 6.08. The van der Waals surface area contributed by atoms with Crippen LogP contribution in [0.3, 0.4) is 0 Å². The first-order valence-corrected chi connectivity index (χ1v) is 7.01. The summed E-state index contributed by atoms with van der Waals surface area (Å²) in [4.78, 5) is 0. The molecule has 3 fully saturated rings. The average molecular weight is 240 g/mol. The minimum Gasteiger partial charge on any atom is -0.381 e. The highest BCUT2D eigenvalue weighted by atomic mass is 16.5. The molecule has 17 heavy (non-hydrogen) atoms. The number of nitrogens with one attached hydrogen (secondary N) is 1. The minimum atomic E-state index is 0.102. The molecule has 0 amide bonds. The lowest BCUT2D eigenvalue weighted by molar-refractivity contribution is -0.150. The van der Waals surface area contributed by atoms with Crippen LogP contribution in [0.15, 0.2) is 0 Å². The Bertz CT molecular complexity index is 257. The molecular weight excluding hydrogens is 216 g/mol. The van der Waals surface area contributed by atoms with Crippen molar-refractivity contribution in [2.24, 2.45) is 17.7 Å². The molecule has 3 aliphatic rings. The van der Waals surface area contributed by atoms with Gasteiger partial charge in [0.1, 0.15) is 0 Å². The van der Waals surface area contributed by atoms with Gasteiger partial charge in [0, 0.05) is 25.9 Å². The fraction of sp³-hybridized carbons (Fsp3) is 1.00. The summed E-state index contributed by atoms with van der Waals surface area (Å²) in [6.07, 6.45) is 7.15. The van der Waals surface area contributed by atoms with Gasteiger partial charge in [-0.15, -0.1) is 0 Å². The Labute approximate surface area is 103 Å². The molecule has 1 spiro atoms. The predicted molar refractivity (Wildman–Crippen MR) is 65.3 cm³/mol. The molecule has 0 aromatic heterocycles. The number of hydrazine groups is 1. The lowest BCUT2D eigenvalue weighted by Gasteiger charge is -2.45. The van der Waals surface area contributed by atoms with E-state index in [0.717, 1.165) is 45.0 Å². The van der Waals surface area contributed by atoms with Crippen LogP contribution in [0.2, 0.25) is 0 Å². The number of rotatable bonds is 3. The van der Waals surface area contributed by atoms with Crippen molar-refractivity contribution in [1.29, 1.82) is 0 Å². The molecule has 1 saturated carbocycles. The summed E-state index contributed by atoms with van der Waals surface area (Å²) in [6, 6.07) is 0.513. The molecule has 98 valence electrons. The SMILES string of the molecule is NNC(C1CC1)C1CCOC2(CCOCC2)C1. The summed E-state index contributed by atoms with van der Waals surface area (Å²) in [5.74, 6) is 7.26. The lowest BCUT2D eigenvalue weighted by Crippen LogP contribution is -2.51. The summed E-state index contributed by atoms with van der Waals surface area (Å²) < 4.78 is 11.5. The Kier molecular flexibility index (Phi) is 3.39. The zero-order valence-corrected chi connectivity index (χ0v) is 10.5. The molecule has 0 radical (unpaired) electrons. The number of ether oxygens (including phenoxy) is 2. The van der Waals surface area contributed by atoms with Crippen LogP contribution in [-0.2, 0) is 9.47 Å². The highest BCUT2D eigenvalue weighted by Gasteiger charge is 2.44. The first kappa shape index (κ1) is 11.9. The molecule has 0 aromatic rings. The number of hydrogen-bond acceptors (Lipinski definition) is 4. The molecule has 2 aliphatic heterocycles. The quantitative estimate of drug-likeness (QED) is 0.575. The van der Waals surface area contributed by atoms with Gasteiger partial charge in [-0.25, -0.2) is 0 Å². The standard InChI is InChI=1S/C13H24N2O2/c14-15-12(10-1-2-10)11-3-6-17-13(9-11)4-7-16-8-5-13/h10-12,15H,1-9,14H2. The molecule has 2 saturated heterocycles. The highest BCUT2D eigenvalue weighted by molar-refractivity contribution is 4.96. The van der Waals surface area contributed by atoms with Gasteiger partial charge in [-0.3, -0.25) is 11.3 Å². The smallest absolute Gasteiger partial charge is 0.0729 e. The van der Waals surface area contributed by atoms with Gasteiger partial charge in [0.05, 0.1) is 5.60 Å². The number of nitrogens with two attached hydrogens (primary N) is 1. The third kappa shape index (κ3) is 2.50. The Hall–Kier alpha value is -0.160. The first-order valence-electron chi connectivity index (χ1n) is 7.01. The Morgan fingerprint density at radius 3 is 2.47 bits per heavy atom. The molecule has 4 nitrogen and oxygen atoms in total. The van der Waals surface area contributed by atoms with E-state index in [1.807, 2.05) is 0 Å². The van der Waals surface area contributed by atoms with Gasteiger partial charge in [-0.2, -0.15) is 0 Å². The van der Waals surface area contributed by atoms with Gasteiger partial charge in [-0.1, -0.05) is 0 Å². The second-order valence-electron chi connectivity index (χ2n) is 5.93. The second kappa shape index (κ2) is 4.84. The van der Waals surface area contributed by atoms with Gasteiger partial charge < -0.3 is 9.47 Å². The molecular formula is C13H24N2O2. The van der Waals surface area contributed by atoms with Gasteiger partial charge in [0.15, 0.2) is 0 Å². The van der Waals surface area contributed by atoms with Crippen molar-refractivity contribution in [3.05, 3.63) is 0 Å². The Balaban J connectivity index is 1.65. The van der Waals surface area contributed by atoms with Crippen LogP contribution in [-0.4, -0.2) is 31.5 Å². The molecule has 1 aliphatic carbocycles. The maximum atomic E-state index is 6.08. The zero-order chi connectivity index (χ0) is 11.7. The van der Waals surface area contributed by atoms with Crippen molar-refractivity contribution >= 4 is 0 Å². The normalized spacial score (nSPS) is 34.8. The van der Waals surface area contributed by atoms with Gasteiger partial charge in [0.25, 0.3) is 0 Å². The molecule has 3 N–H and O–H groups in total. The van der Waals surface area contributed by atoms with Crippen molar-refractivity contribution < 1.29 is 9.47 Å². The van der Waals surface area contributed by atoms with Crippen molar-refractivity contribution in [1.82, 2.24) is 5.43 Å². The van der Waals surface area contributed by atoms with Gasteiger partial charge >= 0.3 is 0 Å². The van der Waals surface area contributed by atoms with Crippen LogP contribution in [0.25, 0.3) is 0 Å². The molecule has 2 atom stereocenters. The molecule has 2 unspecified atom stereocenters. The monoisotopic (exact) mass is 240 g/mol. The third-order valence-electron chi connectivity index (χ3n) is 4.77. The topological polar surface area (TPSA) is 56.5 Å². The summed E-state index contributed by atoms with van der Waals surface area (Å²) in [5.41, 5.74) is 3.17. The van der Waals surface area contributed by atoms with Crippen LogP contribution in [0.4, 0.5) is 0 Å². The van der Waals surface area contributed by atoms with E-state index >= 15 is 0 Å². The lowest BCUT2D eigenvalue weighted by atomic mass is 9.77. The van der Waals surface area contributed by atoms with E-state index in [9.17, 15) is 0 Å². The van der Waals surface area contributed by atoms with E-state index in [1.54, 1.807) is 0 Å². The van der Waals surface area contributed by atoms with E-state index in [2.05, 4.69) is 5.43 Å². The number of hydrogen-bond donors (Lipinski definition) is 2. The maximum Gasteiger partial charge on any atom is 0.0729 e. The van der Waals surface area contributed by atoms with Crippen LogP contribution in [0.1, 0.15) is 38.5 Å². The molecule has 4 heteroatoms. The van der Waals surface area contributed by atoms with Crippen LogP contribution < -0.4 is 11.3 Å². The van der Waals surface area contributed by atoms with Crippen molar-refractivity contribution in [2.75, 3.05) is 19.8 Å². The molecule has 3 rings (SSSR count). The van der Waals surface area contributed by atoms with E-state index in [-0.39, 0.29) is 5.60 Å². The van der Waals surface area contributed by atoms with E-state index < -0.39 is 0 Å². The van der Waals surface area contributed by atoms with E-state index in [4.69, 9.17) is 15.3 Å². The Morgan fingerprint density at radius 1 is 1.06 bits per heavy atom. The second-order valence-corrected chi connectivity index (χ2v) is 5.93. The van der Waals surface area contributed by atoms with Crippen LogP contribution >= 0.6 is 0 Å². The van der Waals surface area contributed by atoms with Crippen LogP contribution in [0.5, 0.6) is 0 Å². The third-order valence-corrected chi connectivity index (χ3v) is 4.77. The van der Waals surface area contributed by atoms with E-state index in [0.29, 0.717) is 12.0 Å². The highest BCUT2D eigenvalue weighted by Crippen LogP contribution is 2.43. The summed E-state index contributed by atoms with van der Waals surface area (Å²) in [7, 11) is 0. The summed E-state index contributed by atoms with van der Waals surface area (Å²) in [5, 5.41) is 0. The predicted octanol–water partition coefficient (Wildman–Crippen LogP) is 1.20. The van der Waals surface area contributed by atoms with Crippen molar-refractivity contribution in [3.63, 3.8) is 0 Å². The largest absolute Gasteiger partial charge is 0.381 e. The van der Waals surface area contributed by atoms with Crippen LogP contribution in [0, 0.1) is 11.8 Å². The molecule has 0 aromatic carbocycles. The summed E-state index contributed by atoms with van der Waals surface area (Å²) in [6.45, 7) is 2.61. The fourth-order valence-corrected chi connectivity index (χ4v) is 3.58. The van der Waals surface area contributed by atoms with Gasteiger partial charge in [-0.05, 0) is 50.4 Å². The molecule has 2 heterocycles. The first-order chi connectivity index (χ1) is 8.33. The van der Waals surface area contributed by atoms with E-state index in [1.165, 1.54) is 19.3 Å². The zero-order valence-electron chi connectivity index (χ0n) is 10.5. The molecule has 0 bridgehead atoms. The Morgan fingerprint density at radius 2 is 1.82 bits per heavy atom.